The summed E-state index contributed by atoms with van der Waals surface area (Å²) in [6.07, 6.45) is 1.14. The lowest BCUT2D eigenvalue weighted by Gasteiger charge is -2.22. The van der Waals surface area contributed by atoms with Gasteiger partial charge in [0.25, 0.3) is 0 Å². The van der Waals surface area contributed by atoms with Gasteiger partial charge in [-0.2, -0.15) is 0 Å². The van der Waals surface area contributed by atoms with Crippen molar-refractivity contribution in [1.29, 1.82) is 0 Å². The first-order valence-corrected chi connectivity index (χ1v) is 8.31. The molecule has 0 bridgehead atoms. The molecule has 4 nitrogen and oxygen atoms in total. The molecule has 0 aliphatic carbocycles. The molecule has 1 heterocycles. The SMILES string of the molecule is CC(C)[C@H](C)NC(=NCc1ccccc1)NC[C@H]1CCOC1. The van der Waals surface area contributed by atoms with E-state index >= 15 is 0 Å². The number of rotatable bonds is 6. The van der Waals surface area contributed by atoms with Gasteiger partial charge < -0.3 is 15.4 Å². The van der Waals surface area contributed by atoms with Gasteiger partial charge in [-0.25, -0.2) is 4.99 Å². The minimum atomic E-state index is 0.391. The predicted molar refractivity (Wildman–Crippen MR) is 91.9 cm³/mol. The molecule has 1 saturated heterocycles. The third-order valence-corrected chi connectivity index (χ3v) is 4.21. The van der Waals surface area contributed by atoms with E-state index in [1.54, 1.807) is 0 Å². The average Bonchev–Trinajstić information content (AvgIpc) is 3.04. The van der Waals surface area contributed by atoms with Crippen molar-refractivity contribution < 1.29 is 4.74 Å². The lowest BCUT2D eigenvalue weighted by Crippen LogP contribution is -2.45. The van der Waals surface area contributed by atoms with E-state index in [2.05, 4.69) is 55.7 Å². The highest BCUT2D eigenvalue weighted by molar-refractivity contribution is 5.80. The largest absolute Gasteiger partial charge is 0.381 e. The molecule has 0 spiro atoms. The molecule has 0 saturated carbocycles. The first kappa shape index (κ1) is 16.8. The van der Waals surface area contributed by atoms with E-state index in [1.165, 1.54) is 5.56 Å². The maximum Gasteiger partial charge on any atom is 0.191 e. The van der Waals surface area contributed by atoms with Crippen molar-refractivity contribution in [1.82, 2.24) is 10.6 Å². The monoisotopic (exact) mass is 303 g/mol. The van der Waals surface area contributed by atoms with Crippen LogP contribution in [0.4, 0.5) is 0 Å². The van der Waals surface area contributed by atoms with E-state index in [9.17, 15) is 0 Å². The van der Waals surface area contributed by atoms with Crippen LogP contribution in [0.5, 0.6) is 0 Å². The number of benzene rings is 1. The van der Waals surface area contributed by atoms with Crippen molar-refractivity contribution in [3.8, 4) is 0 Å². The Labute approximate surface area is 134 Å². The summed E-state index contributed by atoms with van der Waals surface area (Å²) in [4.78, 5) is 4.73. The highest BCUT2D eigenvalue weighted by Crippen LogP contribution is 2.10. The first-order valence-electron chi connectivity index (χ1n) is 8.31. The van der Waals surface area contributed by atoms with Crippen molar-refractivity contribution in [2.24, 2.45) is 16.8 Å². The van der Waals surface area contributed by atoms with Crippen LogP contribution in [0.3, 0.4) is 0 Å². The number of ether oxygens (including phenoxy) is 1. The summed E-state index contributed by atoms with van der Waals surface area (Å²) in [5.74, 6) is 2.06. The van der Waals surface area contributed by atoms with E-state index < -0.39 is 0 Å². The molecule has 1 aromatic carbocycles. The summed E-state index contributed by atoms with van der Waals surface area (Å²) < 4.78 is 5.44. The Morgan fingerprint density at radius 3 is 2.68 bits per heavy atom. The third kappa shape index (κ3) is 5.68. The molecular formula is C18H29N3O. The van der Waals surface area contributed by atoms with Gasteiger partial charge in [-0.05, 0) is 24.8 Å². The van der Waals surface area contributed by atoms with Gasteiger partial charge in [0.05, 0.1) is 13.2 Å². The second-order valence-corrected chi connectivity index (χ2v) is 6.44. The van der Waals surface area contributed by atoms with Gasteiger partial charge in [0, 0.05) is 25.1 Å². The second-order valence-electron chi connectivity index (χ2n) is 6.44. The van der Waals surface area contributed by atoms with E-state index in [-0.39, 0.29) is 0 Å². The van der Waals surface area contributed by atoms with Crippen molar-refractivity contribution in [3.05, 3.63) is 35.9 Å². The predicted octanol–water partition coefficient (Wildman–Crippen LogP) is 2.80. The topological polar surface area (TPSA) is 45.7 Å². The van der Waals surface area contributed by atoms with Crippen molar-refractivity contribution in [2.45, 2.75) is 39.8 Å². The van der Waals surface area contributed by atoms with E-state index in [0.717, 1.165) is 32.1 Å². The zero-order chi connectivity index (χ0) is 15.8. The van der Waals surface area contributed by atoms with Crippen LogP contribution in [0.2, 0.25) is 0 Å². The van der Waals surface area contributed by atoms with E-state index in [1.807, 2.05) is 6.07 Å². The molecule has 0 radical (unpaired) electrons. The van der Waals surface area contributed by atoms with Gasteiger partial charge >= 0.3 is 0 Å². The van der Waals surface area contributed by atoms with Gasteiger partial charge in [-0.1, -0.05) is 44.2 Å². The highest BCUT2D eigenvalue weighted by atomic mass is 16.5. The van der Waals surface area contributed by atoms with Crippen LogP contribution in [-0.4, -0.2) is 31.8 Å². The van der Waals surface area contributed by atoms with Crippen LogP contribution in [0.15, 0.2) is 35.3 Å². The zero-order valence-corrected chi connectivity index (χ0v) is 14.0. The Morgan fingerprint density at radius 2 is 2.05 bits per heavy atom. The molecule has 1 fully saturated rings. The standard InChI is InChI=1S/C18H29N3O/c1-14(2)15(3)21-18(20-12-17-9-10-22-13-17)19-11-16-7-5-4-6-8-16/h4-8,14-15,17H,9-13H2,1-3H3,(H2,19,20,21)/t15-,17+/m0/s1. The Balaban J connectivity index is 1.93. The molecule has 2 N–H and O–H groups in total. The molecule has 1 aliphatic rings. The normalized spacial score (nSPS) is 20.2. The van der Waals surface area contributed by atoms with Crippen molar-refractivity contribution in [3.63, 3.8) is 0 Å². The molecule has 122 valence electrons. The maximum atomic E-state index is 5.44. The Kier molecular flexibility index (Phi) is 6.72. The van der Waals surface area contributed by atoms with Crippen LogP contribution < -0.4 is 10.6 Å². The van der Waals surface area contributed by atoms with Gasteiger partial charge in [-0.15, -0.1) is 0 Å². The fourth-order valence-electron chi connectivity index (χ4n) is 2.27. The summed E-state index contributed by atoms with van der Waals surface area (Å²) >= 11 is 0. The number of hydrogen-bond donors (Lipinski definition) is 2. The highest BCUT2D eigenvalue weighted by Gasteiger charge is 2.16. The number of hydrogen-bond acceptors (Lipinski definition) is 2. The van der Waals surface area contributed by atoms with Crippen LogP contribution in [-0.2, 0) is 11.3 Å². The fraction of sp³-hybridized carbons (Fsp3) is 0.611. The number of aliphatic imine (C=N–C) groups is 1. The summed E-state index contributed by atoms with van der Waals surface area (Å²) in [7, 11) is 0. The summed E-state index contributed by atoms with van der Waals surface area (Å²) in [6, 6.07) is 10.7. The van der Waals surface area contributed by atoms with Crippen LogP contribution in [0.1, 0.15) is 32.8 Å². The third-order valence-electron chi connectivity index (χ3n) is 4.21. The molecule has 22 heavy (non-hydrogen) atoms. The van der Waals surface area contributed by atoms with Gasteiger partial charge in [0.15, 0.2) is 5.96 Å². The van der Waals surface area contributed by atoms with Crippen molar-refractivity contribution >= 4 is 5.96 Å². The van der Waals surface area contributed by atoms with Crippen LogP contribution >= 0.6 is 0 Å². The fourth-order valence-corrected chi connectivity index (χ4v) is 2.27. The lowest BCUT2D eigenvalue weighted by molar-refractivity contribution is 0.186. The number of nitrogens with one attached hydrogen (secondary N) is 2. The number of guanidine groups is 1. The summed E-state index contributed by atoms with van der Waals surface area (Å²) in [6.45, 7) is 10.0. The molecule has 0 unspecified atom stereocenters. The molecular weight excluding hydrogens is 274 g/mol. The molecule has 0 aromatic heterocycles. The summed E-state index contributed by atoms with van der Waals surface area (Å²) in [5.41, 5.74) is 1.23. The molecule has 2 rings (SSSR count). The zero-order valence-electron chi connectivity index (χ0n) is 14.0. The van der Waals surface area contributed by atoms with Crippen LogP contribution in [0, 0.1) is 11.8 Å². The molecule has 4 heteroatoms. The molecule has 1 aliphatic heterocycles. The molecule has 1 aromatic rings. The number of nitrogens with zero attached hydrogens (tertiary/aromatic N) is 1. The minimum Gasteiger partial charge on any atom is -0.381 e. The van der Waals surface area contributed by atoms with Crippen LogP contribution in [0.25, 0.3) is 0 Å². The van der Waals surface area contributed by atoms with Gasteiger partial charge in [0.1, 0.15) is 0 Å². The summed E-state index contributed by atoms with van der Waals surface area (Å²) in [5, 5.41) is 6.99. The lowest BCUT2D eigenvalue weighted by atomic mass is 10.1. The quantitative estimate of drug-likeness (QED) is 0.627. The first-order chi connectivity index (χ1) is 10.6. The van der Waals surface area contributed by atoms with Crippen molar-refractivity contribution in [2.75, 3.05) is 19.8 Å². The Bertz CT molecular complexity index is 453. The molecule has 0 amide bonds. The molecule has 2 atom stereocenters. The Morgan fingerprint density at radius 1 is 1.27 bits per heavy atom. The smallest absolute Gasteiger partial charge is 0.191 e. The maximum absolute atomic E-state index is 5.44. The Hall–Kier alpha value is -1.55. The van der Waals surface area contributed by atoms with E-state index in [4.69, 9.17) is 9.73 Å². The van der Waals surface area contributed by atoms with Gasteiger partial charge in [0.2, 0.25) is 0 Å². The average molecular weight is 303 g/mol. The second kappa shape index (κ2) is 8.79. The van der Waals surface area contributed by atoms with Gasteiger partial charge in [-0.3, -0.25) is 0 Å². The minimum absolute atomic E-state index is 0.391. The van der Waals surface area contributed by atoms with E-state index in [0.29, 0.717) is 24.4 Å².